The van der Waals surface area contributed by atoms with Gasteiger partial charge in [0, 0.05) is 0 Å². The molecule has 2 nitrogen and oxygen atoms in total. The monoisotopic (exact) mass is 402 g/mol. The van der Waals surface area contributed by atoms with Gasteiger partial charge in [0.15, 0.2) is 0 Å². The van der Waals surface area contributed by atoms with E-state index in [9.17, 15) is 9.90 Å². The zero-order chi connectivity index (χ0) is 22.1. The van der Waals surface area contributed by atoms with Gasteiger partial charge in [-0.3, -0.25) is 4.79 Å². The summed E-state index contributed by atoms with van der Waals surface area (Å²) in [7, 11) is 0. The van der Waals surface area contributed by atoms with Crippen LogP contribution in [-0.4, -0.2) is 11.1 Å². The molecule has 1 aromatic rings. The number of hydrogen-bond acceptors (Lipinski definition) is 1. The van der Waals surface area contributed by atoms with Crippen molar-refractivity contribution in [2.24, 2.45) is 10.8 Å². The fourth-order valence-corrected chi connectivity index (χ4v) is 4.09. The molecule has 0 aromatic heterocycles. The molecule has 166 valence electrons. The second-order valence-electron chi connectivity index (χ2n) is 10.9. The van der Waals surface area contributed by atoms with Crippen LogP contribution < -0.4 is 0 Å². The van der Waals surface area contributed by atoms with Crippen LogP contribution in [0, 0.1) is 24.7 Å². The molecule has 0 bridgehead atoms. The highest BCUT2D eigenvalue weighted by molar-refractivity contribution is 5.73. The highest BCUT2D eigenvalue weighted by Gasteiger charge is 2.25. The van der Waals surface area contributed by atoms with Crippen molar-refractivity contribution in [3.63, 3.8) is 0 Å². The molecule has 1 rings (SSSR count). The summed E-state index contributed by atoms with van der Waals surface area (Å²) in [5.41, 5.74) is 5.84. The van der Waals surface area contributed by atoms with Crippen molar-refractivity contribution >= 4 is 5.97 Å². The van der Waals surface area contributed by atoms with Crippen LogP contribution in [0.3, 0.4) is 0 Å². The Morgan fingerprint density at radius 3 is 1.59 bits per heavy atom. The average Bonchev–Trinajstić information content (AvgIpc) is 2.60. The first kappa shape index (κ1) is 25.7. The second kappa shape index (κ2) is 11.8. The maximum absolute atomic E-state index is 11.2. The largest absolute Gasteiger partial charge is 0.481 e. The highest BCUT2D eigenvalue weighted by atomic mass is 16.4. The lowest BCUT2D eigenvalue weighted by Crippen LogP contribution is -2.23. The van der Waals surface area contributed by atoms with Gasteiger partial charge in [-0.25, -0.2) is 0 Å². The molecule has 0 saturated carbocycles. The maximum atomic E-state index is 11.2. The smallest absolute Gasteiger partial charge is 0.309 e. The Labute approximate surface area is 180 Å². The molecule has 2 heteroatoms. The van der Waals surface area contributed by atoms with Crippen molar-refractivity contribution in [2.75, 3.05) is 0 Å². The van der Waals surface area contributed by atoms with Gasteiger partial charge in [0.1, 0.15) is 0 Å². The number of carboxylic acid groups (broad SMARTS) is 1. The SMILES string of the molecule is Cc1ccc(C)c(CCCCCC(C)(C)C(=O)O)c1CCCCCCC(C)(C)C. The Bertz CT molecular complexity index is 635. The summed E-state index contributed by atoms with van der Waals surface area (Å²) in [6.07, 6.45) is 13.0. The van der Waals surface area contributed by atoms with Crippen molar-refractivity contribution < 1.29 is 9.90 Å². The van der Waals surface area contributed by atoms with Crippen molar-refractivity contribution in [1.29, 1.82) is 0 Å². The van der Waals surface area contributed by atoms with Crippen molar-refractivity contribution in [3.8, 4) is 0 Å². The fourth-order valence-electron chi connectivity index (χ4n) is 4.09. The zero-order valence-electron chi connectivity index (χ0n) is 20.3. The van der Waals surface area contributed by atoms with Crippen LogP contribution in [0.5, 0.6) is 0 Å². The van der Waals surface area contributed by atoms with Crippen LogP contribution in [-0.2, 0) is 17.6 Å². The molecule has 0 unspecified atom stereocenters. The van der Waals surface area contributed by atoms with E-state index in [-0.39, 0.29) is 0 Å². The lowest BCUT2D eigenvalue weighted by atomic mass is 9.86. The summed E-state index contributed by atoms with van der Waals surface area (Å²) in [4.78, 5) is 11.2. The van der Waals surface area contributed by atoms with Gasteiger partial charge in [0.25, 0.3) is 0 Å². The van der Waals surface area contributed by atoms with Gasteiger partial charge in [0.05, 0.1) is 5.41 Å². The number of carboxylic acids is 1. The van der Waals surface area contributed by atoms with Gasteiger partial charge in [-0.15, -0.1) is 0 Å². The Balaban J connectivity index is 2.50. The van der Waals surface area contributed by atoms with E-state index in [4.69, 9.17) is 0 Å². The summed E-state index contributed by atoms with van der Waals surface area (Å²) in [6.45, 7) is 15.2. The van der Waals surface area contributed by atoms with Gasteiger partial charge in [-0.05, 0) is 93.9 Å². The number of unbranched alkanes of at least 4 members (excludes halogenated alkanes) is 5. The lowest BCUT2D eigenvalue weighted by Gasteiger charge is -2.19. The summed E-state index contributed by atoms with van der Waals surface area (Å²) >= 11 is 0. The van der Waals surface area contributed by atoms with Crippen LogP contribution in [0.25, 0.3) is 0 Å². The van der Waals surface area contributed by atoms with Crippen LogP contribution in [0.1, 0.15) is 115 Å². The molecule has 29 heavy (non-hydrogen) atoms. The molecule has 0 aliphatic heterocycles. The topological polar surface area (TPSA) is 37.3 Å². The molecule has 0 fully saturated rings. The van der Waals surface area contributed by atoms with E-state index in [0.29, 0.717) is 5.41 Å². The molecular formula is C27H46O2. The third kappa shape index (κ3) is 9.83. The van der Waals surface area contributed by atoms with Crippen LogP contribution in [0.2, 0.25) is 0 Å². The van der Waals surface area contributed by atoms with E-state index in [0.717, 1.165) is 32.1 Å². The van der Waals surface area contributed by atoms with E-state index >= 15 is 0 Å². The average molecular weight is 403 g/mol. The summed E-state index contributed by atoms with van der Waals surface area (Å²) in [5.74, 6) is -0.684. The molecular weight excluding hydrogens is 356 g/mol. The van der Waals surface area contributed by atoms with E-state index in [2.05, 4.69) is 46.8 Å². The van der Waals surface area contributed by atoms with E-state index in [1.54, 1.807) is 11.1 Å². The van der Waals surface area contributed by atoms with Crippen molar-refractivity contribution in [3.05, 3.63) is 34.4 Å². The number of aryl methyl sites for hydroxylation is 2. The molecule has 1 N–H and O–H groups in total. The van der Waals surface area contributed by atoms with Crippen molar-refractivity contribution in [2.45, 2.75) is 119 Å². The lowest BCUT2D eigenvalue weighted by molar-refractivity contribution is -0.147. The third-order valence-corrected chi connectivity index (χ3v) is 6.31. The van der Waals surface area contributed by atoms with E-state index < -0.39 is 11.4 Å². The van der Waals surface area contributed by atoms with Gasteiger partial charge < -0.3 is 5.11 Å². The second-order valence-corrected chi connectivity index (χ2v) is 10.9. The van der Waals surface area contributed by atoms with Gasteiger partial charge in [0.2, 0.25) is 0 Å². The van der Waals surface area contributed by atoms with Crippen LogP contribution in [0.4, 0.5) is 0 Å². The van der Waals surface area contributed by atoms with Crippen molar-refractivity contribution in [1.82, 2.24) is 0 Å². The summed E-state index contributed by atoms with van der Waals surface area (Å²) in [5, 5.41) is 9.26. The number of benzene rings is 1. The first-order valence-corrected chi connectivity index (χ1v) is 11.8. The number of aliphatic carboxylic acids is 1. The number of rotatable bonds is 13. The zero-order valence-corrected chi connectivity index (χ0v) is 20.3. The Morgan fingerprint density at radius 2 is 1.14 bits per heavy atom. The van der Waals surface area contributed by atoms with Crippen LogP contribution >= 0.6 is 0 Å². The minimum Gasteiger partial charge on any atom is -0.481 e. The number of hydrogen-bond donors (Lipinski definition) is 1. The predicted molar refractivity (Wildman–Crippen MR) is 126 cm³/mol. The molecule has 0 saturated heterocycles. The maximum Gasteiger partial charge on any atom is 0.309 e. The third-order valence-electron chi connectivity index (χ3n) is 6.31. The molecule has 0 aliphatic rings. The minimum atomic E-state index is -0.684. The van der Waals surface area contributed by atoms with Gasteiger partial charge in [-0.2, -0.15) is 0 Å². The fraction of sp³-hybridized carbons (Fsp3) is 0.741. The first-order chi connectivity index (χ1) is 13.4. The highest BCUT2D eigenvalue weighted by Crippen LogP contribution is 2.27. The molecule has 0 radical (unpaired) electrons. The molecule has 0 aliphatic carbocycles. The van der Waals surface area contributed by atoms with Gasteiger partial charge in [-0.1, -0.05) is 65.0 Å². The predicted octanol–water partition coefficient (Wildman–Crippen LogP) is 8.06. The Kier molecular flexibility index (Phi) is 10.4. The Morgan fingerprint density at radius 1 is 0.724 bits per heavy atom. The quantitative estimate of drug-likeness (QED) is 0.339. The van der Waals surface area contributed by atoms with E-state index in [1.165, 1.54) is 49.7 Å². The van der Waals surface area contributed by atoms with E-state index in [1.807, 2.05) is 13.8 Å². The van der Waals surface area contributed by atoms with Gasteiger partial charge >= 0.3 is 5.97 Å². The molecule has 0 amide bonds. The standard InChI is InChI=1S/C27H46O2/c1-21-17-18-22(2)24(16-12-10-14-20-27(6,7)25(28)29)23(21)15-11-8-9-13-19-26(3,4)5/h17-18H,8-16,19-20H2,1-7H3,(H,28,29). The normalized spacial score (nSPS) is 12.4. The summed E-state index contributed by atoms with van der Waals surface area (Å²) in [6, 6.07) is 4.55. The molecule has 0 atom stereocenters. The minimum absolute atomic E-state index is 0.458. The molecule has 1 aromatic carbocycles. The first-order valence-electron chi connectivity index (χ1n) is 11.8. The summed E-state index contributed by atoms with van der Waals surface area (Å²) < 4.78 is 0. The molecule has 0 spiro atoms. The Hall–Kier alpha value is -1.31. The number of carbonyl (C=O) groups is 1. The molecule has 0 heterocycles. The van der Waals surface area contributed by atoms with Crippen LogP contribution in [0.15, 0.2) is 12.1 Å².